The van der Waals surface area contributed by atoms with Crippen LogP contribution in [0.2, 0.25) is 0 Å². The van der Waals surface area contributed by atoms with Crippen molar-refractivity contribution in [1.82, 2.24) is 29.9 Å². The molecular formula is C21H15BrFN7OS. The minimum Gasteiger partial charge on any atom is -0.484 e. The molecule has 32 heavy (non-hydrogen) atoms. The van der Waals surface area contributed by atoms with Crippen molar-refractivity contribution in [2.45, 2.75) is 13.2 Å². The SMILES string of the molecule is Nc1nc(-c2cn(Cc3cccc(COc4ccccc4F)n3)nn2)c2scc(Br)c2n1. The lowest BCUT2D eigenvalue weighted by Gasteiger charge is -2.08. The second-order valence-corrected chi connectivity index (χ2v) is 8.57. The van der Waals surface area contributed by atoms with E-state index in [2.05, 4.69) is 41.2 Å². The van der Waals surface area contributed by atoms with Crippen molar-refractivity contribution in [3.8, 4) is 17.1 Å². The van der Waals surface area contributed by atoms with E-state index in [0.29, 0.717) is 23.6 Å². The second kappa shape index (κ2) is 8.60. The molecule has 0 aliphatic carbocycles. The predicted molar refractivity (Wildman–Crippen MR) is 123 cm³/mol. The van der Waals surface area contributed by atoms with Crippen LogP contribution in [-0.2, 0) is 13.2 Å². The van der Waals surface area contributed by atoms with E-state index in [1.165, 1.54) is 17.4 Å². The van der Waals surface area contributed by atoms with E-state index in [9.17, 15) is 4.39 Å². The van der Waals surface area contributed by atoms with Crippen LogP contribution in [0.4, 0.5) is 10.3 Å². The number of thiophene rings is 1. The second-order valence-electron chi connectivity index (χ2n) is 6.83. The molecule has 0 atom stereocenters. The van der Waals surface area contributed by atoms with Crippen molar-refractivity contribution in [2.24, 2.45) is 0 Å². The zero-order chi connectivity index (χ0) is 22.1. The molecule has 0 unspecified atom stereocenters. The number of ether oxygens (including phenoxy) is 1. The largest absolute Gasteiger partial charge is 0.484 e. The first-order valence-electron chi connectivity index (χ1n) is 9.49. The third kappa shape index (κ3) is 4.16. The molecule has 11 heteroatoms. The summed E-state index contributed by atoms with van der Waals surface area (Å²) in [6.07, 6.45) is 1.79. The molecule has 0 radical (unpaired) electrons. The van der Waals surface area contributed by atoms with Gasteiger partial charge in [0.25, 0.3) is 0 Å². The van der Waals surface area contributed by atoms with E-state index in [1.54, 1.807) is 29.1 Å². The summed E-state index contributed by atoms with van der Waals surface area (Å²) < 4.78 is 22.7. The van der Waals surface area contributed by atoms with E-state index in [4.69, 9.17) is 10.5 Å². The maximum absolute atomic E-state index is 13.7. The minimum absolute atomic E-state index is 0.156. The number of nitrogens with zero attached hydrogens (tertiary/aromatic N) is 6. The molecule has 8 nitrogen and oxygen atoms in total. The minimum atomic E-state index is -0.406. The van der Waals surface area contributed by atoms with Crippen molar-refractivity contribution in [3.63, 3.8) is 0 Å². The number of pyridine rings is 1. The first kappa shape index (κ1) is 20.5. The number of rotatable bonds is 6. The zero-order valence-corrected chi connectivity index (χ0v) is 18.8. The molecule has 0 aliphatic heterocycles. The van der Waals surface area contributed by atoms with Gasteiger partial charge in [0, 0.05) is 5.38 Å². The lowest BCUT2D eigenvalue weighted by molar-refractivity contribution is 0.285. The van der Waals surface area contributed by atoms with E-state index >= 15 is 0 Å². The number of hydrogen-bond acceptors (Lipinski definition) is 8. The van der Waals surface area contributed by atoms with Crippen LogP contribution in [0.1, 0.15) is 11.4 Å². The lowest BCUT2D eigenvalue weighted by atomic mass is 10.3. The van der Waals surface area contributed by atoms with E-state index in [1.807, 2.05) is 23.6 Å². The smallest absolute Gasteiger partial charge is 0.221 e. The van der Waals surface area contributed by atoms with Crippen LogP contribution in [0, 0.1) is 5.82 Å². The topological polar surface area (TPSA) is 105 Å². The molecule has 0 saturated heterocycles. The lowest BCUT2D eigenvalue weighted by Crippen LogP contribution is -2.06. The molecule has 0 spiro atoms. The molecule has 4 aromatic heterocycles. The van der Waals surface area contributed by atoms with Gasteiger partial charge >= 0.3 is 0 Å². The van der Waals surface area contributed by atoms with Gasteiger partial charge in [0.05, 0.1) is 33.3 Å². The standard InChI is InChI=1S/C21H15BrFN7OS/c22-14-11-32-20-18(14)26-21(24)27-19(20)16-9-30(29-28-16)8-12-4-3-5-13(25-12)10-31-17-7-2-1-6-15(17)23/h1-7,9,11H,8,10H2,(H2,24,26,27). The molecule has 0 saturated carbocycles. The highest BCUT2D eigenvalue weighted by molar-refractivity contribution is 9.10. The molecule has 0 bridgehead atoms. The van der Waals surface area contributed by atoms with E-state index in [0.717, 1.165) is 20.4 Å². The maximum Gasteiger partial charge on any atom is 0.221 e. The summed E-state index contributed by atoms with van der Waals surface area (Å²) in [5.74, 6) is -0.0438. The Morgan fingerprint density at radius 1 is 1.06 bits per heavy atom. The highest BCUT2D eigenvalue weighted by Crippen LogP contribution is 2.35. The Hall–Kier alpha value is -3.44. The highest BCUT2D eigenvalue weighted by atomic mass is 79.9. The van der Waals surface area contributed by atoms with Gasteiger partial charge in [0.2, 0.25) is 5.95 Å². The molecule has 160 valence electrons. The van der Waals surface area contributed by atoms with Crippen LogP contribution in [-0.4, -0.2) is 29.9 Å². The zero-order valence-electron chi connectivity index (χ0n) is 16.4. The number of halogens is 2. The number of para-hydroxylation sites is 1. The molecule has 0 fully saturated rings. The maximum atomic E-state index is 13.7. The van der Waals surface area contributed by atoms with Crippen molar-refractivity contribution < 1.29 is 9.13 Å². The fourth-order valence-electron chi connectivity index (χ4n) is 3.14. The highest BCUT2D eigenvalue weighted by Gasteiger charge is 2.16. The van der Waals surface area contributed by atoms with Gasteiger partial charge in [-0.05, 0) is 40.2 Å². The molecule has 1 aromatic carbocycles. The van der Waals surface area contributed by atoms with Crippen LogP contribution in [0.25, 0.3) is 21.6 Å². The Balaban J connectivity index is 1.34. The van der Waals surface area contributed by atoms with E-state index < -0.39 is 5.82 Å². The number of benzene rings is 1. The molecule has 2 N–H and O–H groups in total. The summed E-state index contributed by atoms with van der Waals surface area (Å²) in [7, 11) is 0. The Morgan fingerprint density at radius 3 is 2.78 bits per heavy atom. The normalized spacial score (nSPS) is 11.2. The van der Waals surface area contributed by atoms with Crippen molar-refractivity contribution in [2.75, 3.05) is 5.73 Å². The summed E-state index contributed by atoms with van der Waals surface area (Å²) in [5, 5.41) is 10.4. The van der Waals surface area contributed by atoms with Gasteiger partial charge in [-0.2, -0.15) is 0 Å². The molecular weight excluding hydrogens is 497 g/mol. The van der Waals surface area contributed by atoms with Crippen LogP contribution in [0.3, 0.4) is 0 Å². The number of anilines is 1. The number of nitrogen functional groups attached to an aromatic ring is 1. The molecule has 4 heterocycles. The summed E-state index contributed by atoms with van der Waals surface area (Å²) in [6.45, 7) is 0.557. The van der Waals surface area contributed by atoms with Gasteiger partial charge in [-0.3, -0.25) is 4.98 Å². The number of fused-ring (bicyclic) bond motifs is 1. The van der Waals surface area contributed by atoms with Gasteiger partial charge in [-0.1, -0.05) is 23.4 Å². The number of nitrogens with two attached hydrogens (primary N) is 1. The predicted octanol–water partition coefficient (Wildman–Crippen LogP) is 4.46. The summed E-state index contributed by atoms with van der Waals surface area (Å²) in [4.78, 5) is 13.2. The first-order valence-corrected chi connectivity index (χ1v) is 11.2. The fourth-order valence-corrected chi connectivity index (χ4v) is 4.70. The fraction of sp³-hybridized carbons (Fsp3) is 0.0952. The Morgan fingerprint density at radius 2 is 1.91 bits per heavy atom. The monoisotopic (exact) mass is 511 g/mol. The molecule has 0 aliphatic rings. The van der Waals surface area contributed by atoms with Crippen LogP contribution in [0.5, 0.6) is 5.75 Å². The average molecular weight is 512 g/mol. The number of aromatic nitrogens is 6. The Kier molecular flexibility index (Phi) is 5.50. The van der Waals surface area contributed by atoms with Crippen molar-refractivity contribution >= 4 is 43.4 Å². The van der Waals surface area contributed by atoms with Gasteiger partial charge in [-0.25, -0.2) is 19.0 Å². The van der Waals surface area contributed by atoms with Gasteiger partial charge < -0.3 is 10.5 Å². The Labute approximate surface area is 194 Å². The van der Waals surface area contributed by atoms with Crippen LogP contribution < -0.4 is 10.5 Å². The number of hydrogen-bond donors (Lipinski definition) is 1. The van der Waals surface area contributed by atoms with Gasteiger partial charge in [0.15, 0.2) is 11.6 Å². The quantitative estimate of drug-likeness (QED) is 0.358. The van der Waals surface area contributed by atoms with Gasteiger partial charge in [0.1, 0.15) is 23.5 Å². The summed E-state index contributed by atoms with van der Waals surface area (Å²) in [5.41, 5.74) is 9.30. The van der Waals surface area contributed by atoms with Crippen molar-refractivity contribution in [1.29, 1.82) is 0 Å². The summed E-state index contributed by atoms with van der Waals surface area (Å²) in [6, 6.07) is 11.9. The molecule has 0 amide bonds. The third-order valence-corrected chi connectivity index (χ3v) is 6.45. The van der Waals surface area contributed by atoms with E-state index in [-0.39, 0.29) is 18.3 Å². The molecule has 5 rings (SSSR count). The van der Waals surface area contributed by atoms with Crippen LogP contribution >= 0.6 is 27.3 Å². The van der Waals surface area contributed by atoms with Gasteiger partial charge in [-0.15, -0.1) is 16.4 Å². The van der Waals surface area contributed by atoms with Crippen LogP contribution in [0.15, 0.2) is 58.5 Å². The third-order valence-electron chi connectivity index (χ3n) is 4.57. The van der Waals surface area contributed by atoms with Crippen molar-refractivity contribution in [3.05, 3.63) is 75.7 Å². The Bertz CT molecular complexity index is 1420. The average Bonchev–Trinajstić information content (AvgIpc) is 3.40. The first-order chi connectivity index (χ1) is 15.6. The summed E-state index contributed by atoms with van der Waals surface area (Å²) >= 11 is 4.99. The molecule has 5 aromatic rings.